The Morgan fingerprint density at radius 1 is 1.45 bits per heavy atom. The normalized spacial score (nSPS) is 12.7. The number of nitrogens with zero attached hydrogens (tertiary/aromatic N) is 3. The van der Waals surface area contributed by atoms with Crippen LogP contribution in [0.2, 0.25) is 0 Å². The van der Waals surface area contributed by atoms with E-state index >= 15 is 0 Å². The van der Waals surface area contributed by atoms with Crippen molar-refractivity contribution < 1.29 is 5.11 Å². The van der Waals surface area contributed by atoms with Gasteiger partial charge in [-0.15, -0.1) is 24.0 Å². The highest BCUT2D eigenvalue weighted by Gasteiger charge is 2.00. The van der Waals surface area contributed by atoms with Gasteiger partial charge in [0.2, 0.25) is 0 Å². The van der Waals surface area contributed by atoms with Gasteiger partial charge in [0.05, 0.1) is 0 Å². The lowest BCUT2D eigenvalue weighted by Gasteiger charge is -2.12. The third-order valence-electron chi connectivity index (χ3n) is 2.63. The van der Waals surface area contributed by atoms with Crippen molar-refractivity contribution in [3.05, 3.63) is 18.5 Å². The van der Waals surface area contributed by atoms with Crippen molar-refractivity contribution in [2.45, 2.75) is 26.8 Å². The molecule has 0 saturated heterocycles. The minimum Gasteiger partial charge on any atom is -0.396 e. The molecule has 0 radical (unpaired) electrons. The van der Waals surface area contributed by atoms with E-state index in [0.717, 1.165) is 32.0 Å². The molecular formula is C13H26IN5O. The van der Waals surface area contributed by atoms with E-state index in [4.69, 9.17) is 5.11 Å². The summed E-state index contributed by atoms with van der Waals surface area (Å²) in [5.74, 6) is 1.00. The number of halogens is 1. The van der Waals surface area contributed by atoms with Gasteiger partial charge in [0, 0.05) is 45.2 Å². The van der Waals surface area contributed by atoms with Gasteiger partial charge in [0.15, 0.2) is 5.96 Å². The molecule has 0 aromatic carbocycles. The molecule has 116 valence electrons. The minimum absolute atomic E-state index is 0. The fourth-order valence-corrected chi connectivity index (χ4v) is 1.53. The highest BCUT2D eigenvalue weighted by atomic mass is 127. The first-order valence-electron chi connectivity index (χ1n) is 6.86. The first-order valence-corrected chi connectivity index (χ1v) is 6.86. The summed E-state index contributed by atoms with van der Waals surface area (Å²) >= 11 is 0. The van der Waals surface area contributed by atoms with Crippen molar-refractivity contribution in [3.8, 4) is 0 Å². The predicted molar refractivity (Wildman–Crippen MR) is 92.5 cm³/mol. The van der Waals surface area contributed by atoms with Gasteiger partial charge in [-0.1, -0.05) is 6.92 Å². The first-order chi connectivity index (χ1) is 9.26. The van der Waals surface area contributed by atoms with Gasteiger partial charge in [-0.3, -0.25) is 9.67 Å². The standard InChI is InChI=1S/C13H25N5O.HI/c1-3-14-13(16-10-12(2)11-19)15-6-4-8-18-9-5-7-17-18;/h5,7,9,12,19H,3-4,6,8,10-11H2,1-2H3,(H2,14,15,16);1H. The van der Waals surface area contributed by atoms with Crippen LogP contribution >= 0.6 is 24.0 Å². The maximum absolute atomic E-state index is 8.98. The second-order valence-corrected chi connectivity index (χ2v) is 4.56. The summed E-state index contributed by atoms with van der Waals surface area (Å²) in [6, 6.07) is 1.93. The number of hydrogen-bond donors (Lipinski definition) is 3. The summed E-state index contributed by atoms with van der Waals surface area (Å²) in [5.41, 5.74) is 0. The predicted octanol–water partition coefficient (Wildman–Crippen LogP) is 1.07. The number of rotatable bonds is 8. The fourth-order valence-electron chi connectivity index (χ4n) is 1.53. The molecule has 1 heterocycles. The second-order valence-electron chi connectivity index (χ2n) is 4.56. The van der Waals surface area contributed by atoms with Crippen LogP contribution in [0.25, 0.3) is 0 Å². The molecule has 3 N–H and O–H groups in total. The lowest BCUT2D eigenvalue weighted by Crippen LogP contribution is -2.38. The molecule has 0 saturated carbocycles. The molecular weight excluding hydrogens is 369 g/mol. The van der Waals surface area contributed by atoms with E-state index in [-0.39, 0.29) is 36.5 Å². The largest absolute Gasteiger partial charge is 0.396 e. The lowest BCUT2D eigenvalue weighted by atomic mass is 10.2. The number of guanidine groups is 1. The Kier molecular flexibility index (Phi) is 11.5. The molecule has 1 aromatic rings. The van der Waals surface area contributed by atoms with E-state index in [0.29, 0.717) is 6.54 Å². The Morgan fingerprint density at radius 3 is 2.85 bits per heavy atom. The first kappa shape index (κ1) is 19.2. The van der Waals surface area contributed by atoms with Crippen LogP contribution in [-0.2, 0) is 6.54 Å². The monoisotopic (exact) mass is 395 g/mol. The van der Waals surface area contributed by atoms with Crippen molar-refractivity contribution in [3.63, 3.8) is 0 Å². The zero-order valence-corrected chi connectivity index (χ0v) is 14.6. The van der Waals surface area contributed by atoms with E-state index < -0.39 is 0 Å². The zero-order chi connectivity index (χ0) is 13.9. The number of aromatic nitrogens is 2. The highest BCUT2D eigenvalue weighted by molar-refractivity contribution is 14.0. The number of aliphatic hydroxyl groups excluding tert-OH is 1. The Balaban J connectivity index is 0.00000361. The van der Waals surface area contributed by atoms with Crippen LogP contribution in [0.1, 0.15) is 20.3 Å². The summed E-state index contributed by atoms with van der Waals surface area (Å²) in [7, 11) is 0. The van der Waals surface area contributed by atoms with E-state index in [1.807, 2.05) is 30.8 Å². The summed E-state index contributed by atoms with van der Waals surface area (Å²) in [5, 5.41) is 19.6. The number of hydrogen-bond acceptors (Lipinski definition) is 3. The maximum atomic E-state index is 8.98. The molecule has 0 spiro atoms. The Morgan fingerprint density at radius 2 is 2.25 bits per heavy atom. The van der Waals surface area contributed by atoms with Crippen molar-refractivity contribution in [2.75, 3.05) is 26.2 Å². The van der Waals surface area contributed by atoms with Crippen molar-refractivity contribution in [2.24, 2.45) is 10.9 Å². The number of aryl methyl sites for hydroxylation is 1. The van der Waals surface area contributed by atoms with Crippen LogP contribution in [0.4, 0.5) is 0 Å². The SMILES string of the molecule is CCNC(=NCC(C)CO)NCCCn1cccn1.I. The summed E-state index contributed by atoms with van der Waals surface area (Å²) < 4.78 is 1.92. The quantitative estimate of drug-likeness (QED) is 0.267. The molecule has 0 aliphatic heterocycles. The molecule has 1 atom stereocenters. The third-order valence-corrected chi connectivity index (χ3v) is 2.63. The van der Waals surface area contributed by atoms with Crippen molar-refractivity contribution in [1.29, 1.82) is 0 Å². The van der Waals surface area contributed by atoms with Gasteiger partial charge in [-0.2, -0.15) is 5.10 Å². The molecule has 20 heavy (non-hydrogen) atoms. The van der Waals surface area contributed by atoms with Gasteiger partial charge < -0.3 is 15.7 Å². The zero-order valence-electron chi connectivity index (χ0n) is 12.2. The molecule has 7 heteroatoms. The lowest BCUT2D eigenvalue weighted by molar-refractivity contribution is 0.241. The van der Waals surface area contributed by atoms with Crippen LogP contribution in [0, 0.1) is 5.92 Å². The second kappa shape index (κ2) is 12.0. The van der Waals surface area contributed by atoms with Crippen molar-refractivity contribution in [1.82, 2.24) is 20.4 Å². The van der Waals surface area contributed by atoms with E-state index in [1.54, 1.807) is 6.20 Å². The molecule has 0 aliphatic carbocycles. The molecule has 1 unspecified atom stereocenters. The van der Waals surface area contributed by atoms with Gasteiger partial charge >= 0.3 is 0 Å². The van der Waals surface area contributed by atoms with E-state index in [2.05, 4.69) is 20.7 Å². The molecule has 0 fully saturated rings. The summed E-state index contributed by atoms with van der Waals surface area (Å²) in [6.45, 7) is 7.39. The molecule has 0 aliphatic rings. The Bertz CT molecular complexity index is 356. The molecule has 0 amide bonds. The minimum atomic E-state index is 0. The molecule has 6 nitrogen and oxygen atoms in total. The van der Waals surface area contributed by atoms with Gasteiger partial charge in [-0.05, 0) is 25.3 Å². The third kappa shape index (κ3) is 8.36. The fraction of sp³-hybridized carbons (Fsp3) is 0.692. The number of nitrogens with one attached hydrogen (secondary N) is 2. The van der Waals surface area contributed by atoms with Crippen LogP contribution in [0.5, 0.6) is 0 Å². The Hall–Kier alpha value is -0.830. The highest BCUT2D eigenvalue weighted by Crippen LogP contribution is 1.93. The topological polar surface area (TPSA) is 74.5 Å². The van der Waals surface area contributed by atoms with E-state index in [1.165, 1.54) is 0 Å². The van der Waals surface area contributed by atoms with Gasteiger partial charge in [-0.25, -0.2) is 0 Å². The van der Waals surface area contributed by atoms with Gasteiger partial charge in [0.25, 0.3) is 0 Å². The summed E-state index contributed by atoms with van der Waals surface area (Å²) in [6.07, 6.45) is 4.74. The van der Waals surface area contributed by atoms with Crippen LogP contribution < -0.4 is 10.6 Å². The molecule has 0 bridgehead atoms. The van der Waals surface area contributed by atoms with Gasteiger partial charge in [0.1, 0.15) is 0 Å². The average molecular weight is 395 g/mol. The van der Waals surface area contributed by atoms with E-state index in [9.17, 15) is 0 Å². The van der Waals surface area contributed by atoms with Crippen LogP contribution in [-0.4, -0.2) is 47.1 Å². The molecule has 1 aromatic heterocycles. The molecule has 1 rings (SSSR count). The van der Waals surface area contributed by atoms with Crippen LogP contribution in [0.15, 0.2) is 23.5 Å². The van der Waals surface area contributed by atoms with Crippen molar-refractivity contribution >= 4 is 29.9 Å². The summed E-state index contributed by atoms with van der Waals surface area (Å²) in [4.78, 5) is 4.43. The smallest absolute Gasteiger partial charge is 0.191 e. The number of aliphatic hydroxyl groups is 1. The van der Waals surface area contributed by atoms with Crippen LogP contribution in [0.3, 0.4) is 0 Å². The Labute approximate surface area is 138 Å². The average Bonchev–Trinajstić information content (AvgIpc) is 2.93. The maximum Gasteiger partial charge on any atom is 0.191 e. The number of aliphatic imine (C=N–C) groups is 1.